The number of ether oxygens (including phenoxy) is 2. The highest BCUT2D eigenvalue weighted by atomic mass is 16.5. The van der Waals surface area contributed by atoms with Crippen LogP contribution in [0.3, 0.4) is 0 Å². The number of piperidine rings is 1. The lowest BCUT2D eigenvalue weighted by atomic mass is 9.95. The summed E-state index contributed by atoms with van der Waals surface area (Å²) in [5.74, 6) is 2.15. The number of hydrogen-bond donors (Lipinski definition) is 2. The van der Waals surface area contributed by atoms with Gasteiger partial charge in [-0.15, -0.1) is 0 Å². The van der Waals surface area contributed by atoms with Crippen LogP contribution >= 0.6 is 0 Å². The van der Waals surface area contributed by atoms with Gasteiger partial charge >= 0.3 is 0 Å². The predicted octanol–water partition coefficient (Wildman–Crippen LogP) is 3.47. The molecule has 3 rings (SSSR count). The van der Waals surface area contributed by atoms with Crippen LogP contribution < -0.4 is 14.8 Å². The Morgan fingerprint density at radius 3 is 2.41 bits per heavy atom. The Balaban J connectivity index is 1.93. The molecule has 1 fully saturated rings. The van der Waals surface area contributed by atoms with E-state index in [4.69, 9.17) is 9.47 Å². The summed E-state index contributed by atoms with van der Waals surface area (Å²) >= 11 is 0. The predicted molar refractivity (Wildman–Crippen MR) is 88.9 cm³/mol. The molecule has 1 aliphatic heterocycles. The lowest BCUT2D eigenvalue weighted by Crippen LogP contribution is -2.26. The molecule has 0 saturated carbocycles. The van der Waals surface area contributed by atoms with Crippen LogP contribution in [0, 0.1) is 6.92 Å². The third-order valence-corrected chi connectivity index (χ3v) is 4.49. The molecule has 0 atom stereocenters. The van der Waals surface area contributed by atoms with Crippen molar-refractivity contribution >= 4 is 0 Å². The maximum atomic E-state index is 5.41. The minimum Gasteiger partial charge on any atom is -0.493 e. The molecule has 4 heteroatoms. The Morgan fingerprint density at radius 1 is 1.00 bits per heavy atom. The van der Waals surface area contributed by atoms with Crippen molar-refractivity contribution in [2.75, 3.05) is 27.3 Å². The standard InChI is InChI=1S/C18H24N2O2/c1-12-10-15(13-6-8-19-9-7-13)20-18(12)14-4-5-16(21-2)17(11-14)22-3/h4-5,10-11,13,19-20H,6-9H2,1-3H3. The van der Waals surface area contributed by atoms with E-state index in [9.17, 15) is 0 Å². The van der Waals surface area contributed by atoms with Crippen LogP contribution in [-0.4, -0.2) is 32.3 Å². The SMILES string of the molecule is COc1ccc(-c2[nH]c(C3CCNCC3)cc2C)cc1OC. The van der Waals surface area contributed by atoms with E-state index >= 15 is 0 Å². The molecular weight excluding hydrogens is 276 g/mol. The van der Waals surface area contributed by atoms with E-state index in [1.807, 2.05) is 12.1 Å². The molecule has 2 aromatic rings. The van der Waals surface area contributed by atoms with E-state index in [-0.39, 0.29) is 0 Å². The van der Waals surface area contributed by atoms with Crippen LogP contribution in [0.2, 0.25) is 0 Å². The summed E-state index contributed by atoms with van der Waals surface area (Å²) < 4.78 is 10.7. The molecule has 1 aromatic carbocycles. The van der Waals surface area contributed by atoms with Crippen LogP contribution in [0.15, 0.2) is 24.3 Å². The summed E-state index contributed by atoms with van der Waals surface area (Å²) in [5, 5.41) is 3.42. The molecular formula is C18H24N2O2. The van der Waals surface area contributed by atoms with Crippen molar-refractivity contribution in [3.05, 3.63) is 35.5 Å². The number of hydrogen-bond acceptors (Lipinski definition) is 3. The Labute approximate surface area is 131 Å². The van der Waals surface area contributed by atoms with Crippen LogP contribution in [-0.2, 0) is 0 Å². The van der Waals surface area contributed by atoms with Crippen molar-refractivity contribution in [3.63, 3.8) is 0 Å². The summed E-state index contributed by atoms with van der Waals surface area (Å²) in [5.41, 5.74) is 4.94. The van der Waals surface area contributed by atoms with Gasteiger partial charge in [0.1, 0.15) is 0 Å². The summed E-state index contributed by atoms with van der Waals surface area (Å²) in [7, 11) is 3.33. The van der Waals surface area contributed by atoms with E-state index in [0.29, 0.717) is 5.92 Å². The Hall–Kier alpha value is -1.94. The van der Waals surface area contributed by atoms with Crippen LogP contribution in [0.5, 0.6) is 11.5 Å². The molecule has 118 valence electrons. The molecule has 2 heterocycles. The van der Waals surface area contributed by atoms with E-state index < -0.39 is 0 Å². The minimum absolute atomic E-state index is 0.633. The number of nitrogens with one attached hydrogen (secondary N) is 2. The number of benzene rings is 1. The van der Waals surface area contributed by atoms with Gasteiger partial charge < -0.3 is 19.8 Å². The second-order valence-corrected chi connectivity index (χ2v) is 5.88. The zero-order valence-corrected chi connectivity index (χ0v) is 13.5. The van der Waals surface area contributed by atoms with E-state index in [1.54, 1.807) is 14.2 Å². The van der Waals surface area contributed by atoms with Gasteiger partial charge in [-0.2, -0.15) is 0 Å². The molecule has 0 radical (unpaired) electrons. The van der Waals surface area contributed by atoms with E-state index in [2.05, 4.69) is 29.4 Å². The smallest absolute Gasteiger partial charge is 0.161 e. The summed E-state index contributed by atoms with van der Waals surface area (Å²) in [6.45, 7) is 4.37. The molecule has 0 unspecified atom stereocenters. The van der Waals surface area contributed by atoms with Gasteiger partial charge in [-0.1, -0.05) is 0 Å². The highest BCUT2D eigenvalue weighted by Crippen LogP contribution is 2.35. The molecule has 2 N–H and O–H groups in total. The summed E-state index contributed by atoms with van der Waals surface area (Å²) in [4.78, 5) is 3.63. The Bertz CT molecular complexity index is 643. The highest BCUT2D eigenvalue weighted by molar-refractivity contribution is 5.67. The van der Waals surface area contributed by atoms with Gasteiger partial charge in [0.25, 0.3) is 0 Å². The number of aryl methyl sites for hydroxylation is 1. The average molecular weight is 300 g/mol. The van der Waals surface area contributed by atoms with Gasteiger partial charge in [0.05, 0.1) is 14.2 Å². The first-order valence-corrected chi connectivity index (χ1v) is 7.85. The number of rotatable bonds is 4. The van der Waals surface area contributed by atoms with Crippen molar-refractivity contribution in [1.29, 1.82) is 0 Å². The maximum absolute atomic E-state index is 5.41. The van der Waals surface area contributed by atoms with Crippen LogP contribution in [0.25, 0.3) is 11.3 Å². The van der Waals surface area contributed by atoms with Crippen molar-refractivity contribution in [3.8, 4) is 22.8 Å². The van der Waals surface area contributed by atoms with Gasteiger partial charge in [0.15, 0.2) is 11.5 Å². The minimum atomic E-state index is 0.633. The highest BCUT2D eigenvalue weighted by Gasteiger charge is 2.19. The third-order valence-electron chi connectivity index (χ3n) is 4.49. The first-order chi connectivity index (χ1) is 10.7. The monoisotopic (exact) mass is 300 g/mol. The lowest BCUT2D eigenvalue weighted by Gasteiger charge is -2.21. The second-order valence-electron chi connectivity index (χ2n) is 5.88. The largest absolute Gasteiger partial charge is 0.493 e. The van der Waals surface area contributed by atoms with Crippen molar-refractivity contribution in [1.82, 2.24) is 10.3 Å². The fourth-order valence-electron chi connectivity index (χ4n) is 3.23. The van der Waals surface area contributed by atoms with Gasteiger partial charge in [0, 0.05) is 22.9 Å². The van der Waals surface area contributed by atoms with E-state index in [1.165, 1.54) is 29.8 Å². The van der Waals surface area contributed by atoms with Crippen LogP contribution in [0.1, 0.15) is 30.0 Å². The summed E-state index contributed by atoms with van der Waals surface area (Å²) in [6, 6.07) is 8.36. The van der Waals surface area contributed by atoms with Crippen LogP contribution in [0.4, 0.5) is 0 Å². The molecule has 1 aliphatic rings. The van der Waals surface area contributed by atoms with Crippen molar-refractivity contribution in [2.45, 2.75) is 25.7 Å². The van der Waals surface area contributed by atoms with Crippen molar-refractivity contribution in [2.24, 2.45) is 0 Å². The number of aromatic amines is 1. The maximum Gasteiger partial charge on any atom is 0.161 e. The number of aromatic nitrogens is 1. The molecule has 0 spiro atoms. The van der Waals surface area contributed by atoms with Gasteiger partial charge in [-0.05, 0) is 62.7 Å². The van der Waals surface area contributed by atoms with Gasteiger partial charge in [0.2, 0.25) is 0 Å². The zero-order chi connectivity index (χ0) is 15.5. The molecule has 1 saturated heterocycles. The average Bonchev–Trinajstić information content (AvgIpc) is 2.97. The second kappa shape index (κ2) is 6.44. The topological polar surface area (TPSA) is 46.3 Å². The zero-order valence-electron chi connectivity index (χ0n) is 13.5. The van der Waals surface area contributed by atoms with E-state index in [0.717, 1.165) is 30.2 Å². The van der Waals surface area contributed by atoms with Gasteiger partial charge in [-0.3, -0.25) is 0 Å². The molecule has 0 bridgehead atoms. The fourth-order valence-corrected chi connectivity index (χ4v) is 3.23. The molecule has 0 aliphatic carbocycles. The number of H-pyrrole nitrogens is 1. The normalized spacial score (nSPS) is 15.8. The Morgan fingerprint density at radius 2 is 1.73 bits per heavy atom. The molecule has 1 aromatic heterocycles. The molecule has 22 heavy (non-hydrogen) atoms. The van der Waals surface area contributed by atoms with Gasteiger partial charge in [-0.25, -0.2) is 0 Å². The fraction of sp³-hybridized carbons (Fsp3) is 0.444. The first-order valence-electron chi connectivity index (χ1n) is 7.85. The lowest BCUT2D eigenvalue weighted by molar-refractivity contribution is 0.355. The third kappa shape index (κ3) is 2.83. The quantitative estimate of drug-likeness (QED) is 0.909. The Kier molecular flexibility index (Phi) is 4.39. The summed E-state index contributed by atoms with van der Waals surface area (Å²) in [6.07, 6.45) is 2.40. The van der Waals surface area contributed by atoms with Crippen molar-refractivity contribution < 1.29 is 9.47 Å². The molecule has 0 amide bonds. The molecule has 4 nitrogen and oxygen atoms in total. The first kappa shape index (κ1) is 15.0. The number of methoxy groups -OCH3 is 2.